The topological polar surface area (TPSA) is 108 Å². The number of carbonyl (C=O) groups is 1. The number of nitrogens with zero attached hydrogens (tertiary/aromatic N) is 2. The summed E-state index contributed by atoms with van der Waals surface area (Å²) in [6, 6.07) is 12.0. The number of carbonyl (C=O) groups excluding carboxylic acids is 1. The number of rotatable bonds is 7. The highest BCUT2D eigenvalue weighted by atomic mass is 35.5. The summed E-state index contributed by atoms with van der Waals surface area (Å²) in [5.74, 6) is 0.229. The van der Waals surface area contributed by atoms with Gasteiger partial charge in [0.05, 0.1) is 21.0 Å². The molecule has 34 heavy (non-hydrogen) atoms. The molecule has 10 heteroatoms. The van der Waals surface area contributed by atoms with Crippen LogP contribution in [0.1, 0.15) is 30.3 Å². The van der Waals surface area contributed by atoms with Crippen LogP contribution in [0.25, 0.3) is 10.8 Å². The Labute approximate surface area is 206 Å². The van der Waals surface area contributed by atoms with Gasteiger partial charge >= 0.3 is 0 Å². The molecule has 3 aromatic rings. The van der Waals surface area contributed by atoms with Crippen molar-refractivity contribution in [3.05, 3.63) is 68.6 Å². The van der Waals surface area contributed by atoms with Crippen LogP contribution in [0.2, 0.25) is 10.0 Å². The fourth-order valence-corrected chi connectivity index (χ4v) is 4.40. The number of piperidine rings is 1. The predicted octanol–water partition coefficient (Wildman–Crippen LogP) is 3.25. The lowest BCUT2D eigenvalue weighted by molar-refractivity contribution is 0.00225. The number of amides is 1. The Balaban J connectivity index is 1.28. The van der Waals surface area contributed by atoms with Crippen LogP contribution in [-0.4, -0.2) is 64.0 Å². The summed E-state index contributed by atoms with van der Waals surface area (Å²) >= 11 is 12.0. The lowest BCUT2D eigenvalue weighted by Gasteiger charge is -2.36. The van der Waals surface area contributed by atoms with E-state index < -0.39 is 11.5 Å². The van der Waals surface area contributed by atoms with Crippen LogP contribution in [0, 0.1) is 0 Å². The van der Waals surface area contributed by atoms with E-state index in [2.05, 4.69) is 20.4 Å². The van der Waals surface area contributed by atoms with Crippen LogP contribution >= 0.6 is 23.2 Å². The second kappa shape index (κ2) is 10.3. The number of H-pyrrole nitrogens is 1. The van der Waals surface area contributed by atoms with Crippen molar-refractivity contribution < 1.29 is 14.6 Å². The van der Waals surface area contributed by atoms with Gasteiger partial charge in [0.2, 0.25) is 0 Å². The van der Waals surface area contributed by atoms with Gasteiger partial charge in [0.1, 0.15) is 11.9 Å². The Morgan fingerprint density at radius 2 is 1.91 bits per heavy atom. The van der Waals surface area contributed by atoms with Gasteiger partial charge in [-0.25, -0.2) is 5.10 Å². The number of nitrogens with one attached hydrogen (secondary N) is 2. The molecule has 4 rings (SSSR count). The van der Waals surface area contributed by atoms with Crippen molar-refractivity contribution in [2.75, 3.05) is 26.2 Å². The SMILES string of the molecule is C[C@](O)(CNC(=O)c1n[nH]c(=O)c2ccccc12)CN1CCC(Oc2ccc(Cl)c(Cl)c2)CC1. The number of aliphatic hydroxyl groups is 1. The minimum atomic E-state index is -1.15. The average molecular weight is 505 g/mol. The predicted molar refractivity (Wildman–Crippen MR) is 132 cm³/mol. The van der Waals surface area contributed by atoms with Crippen molar-refractivity contribution in [1.29, 1.82) is 0 Å². The third kappa shape index (κ3) is 5.88. The van der Waals surface area contributed by atoms with Gasteiger partial charge in [-0.15, -0.1) is 0 Å². The van der Waals surface area contributed by atoms with E-state index >= 15 is 0 Å². The standard InChI is InChI=1S/C24H26Cl2N4O4/c1-24(33,13-27-23(32)21-17-4-2-3-5-18(17)22(31)29-28-21)14-30-10-8-15(9-11-30)34-16-6-7-19(25)20(26)12-16/h2-7,12,15,33H,8-11,13-14H2,1H3,(H,27,32)(H,29,31)/t24-/m0/s1. The van der Waals surface area contributed by atoms with Crippen LogP contribution in [0.4, 0.5) is 0 Å². The van der Waals surface area contributed by atoms with Gasteiger partial charge in [0, 0.05) is 37.6 Å². The summed E-state index contributed by atoms with van der Waals surface area (Å²) < 4.78 is 6.02. The number of benzene rings is 2. The second-order valence-corrected chi connectivity index (χ2v) is 9.61. The van der Waals surface area contributed by atoms with Crippen molar-refractivity contribution in [2.24, 2.45) is 0 Å². The Morgan fingerprint density at radius 1 is 1.21 bits per heavy atom. The van der Waals surface area contributed by atoms with E-state index in [0.717, 1.165) is 25.9 Å². The Morgan fingerprint density at radius 3 is 2.62 bits per heavy atom. The van der Waals surface area contributed by atoms with Crippen molar-refractivity contribution in [3.63, 3.8) is 0 Å². The van der Waals surface area contributed by atoms with Gasteiger partial charge in [-0.3, -0.25) is 9.59 Å². The molecule has 1 fully saturated rings. The molecule has 1 saturated heterocycles. The first-order valence-corrected chi connectivity index (χ1v) is 11.8. The van der Waals surface area contributed by atoms with Gasteiger partial charge in [0.15, 0.2) is 5.69 Å². The van der Waals surface area contributed by atoms with Crippen LogP contribution in [0.15, 0.2) is 47.3 Å². The normalized spacial score (nSPS) is 16.8. The Hall–Kier alpha value is -2.65. The van der Waals surface area contributed by atoms with Crippen LogP contribution in [-0.2, 0) is 0 Å². The summed E-state index contributed by atoms with van der Waals surface area (Å²) in [5, 5.41) is 21.7. The number of hydrogen-bond acceptors (Lipinski definition) is 6. The molecule has 0 radical (unpaired) electrons. The molecule has 3 N–H and O–H groups in total. The van der Waals surface area contributed by atoms with E-state index in [4.69, 9.17) is 27.9 Å². The van der Waals surface area contributed by atoms with Gasteiger partial charge in [-0.2, -0.15) is 5.10 Å². The molecule has 0 spiro atoms. The number of β-amino-alcohol motifs (C(OH)–C–C–N with tert-alkyl or cyclic N) is 1. The second-order valence-electron chi connectivity index (χ2n) is 8.80. The fraction of sp³-hybridized carbons (Fsp3) is 0.375. The molecule has 0 aliphatic carbocycles. The zero-order valence-electron chi connectivity index (χ0n) is 18.7. The molecule has 1 aromatic heterocycles. The van der Waals surface area contributed by atoms with Crippen molar-refractivity contribution >= 4 is 39.9 Å². The molecular formula is C24H26Cl2N4O4. The largest absolute Gasteiger partial charge is 0.490 e. The van der Waals surface area contributed by atoms with Crippen molar-refractivity contribution in [1.82, 2.24) is 20.4 Å². The lowest BCUT2D eigenvalue weighted by Crippen LogP contribution is -2.51. The highest BCUT2D eigenvalue weighted by Crippen LogP contribution is 2.28. The Bertz CT molecular complexity index is 1240. The molecule has 1 amide bonds. The molecule has 8 nitrogen and oxygen atoms in total. The average Bonchev–Trinajstić information content (AvgIpc) is 2.81. The van der Waals surface area contributed by atoms with E-state index in [1.807, 2.05) is 0 Å². The maximum atomic E-state index is 12.7. The monoisotopic (exact) mass is 504 g/mol. The third-order valence-corrected chi connectivity index (χ3v) is 6.57. The van der Waals surface area contributed by atoms with Crippen LogP contribution in [0.3, 0.4) is 0 Å². The number of fused-ring (bicyclic) bond motifs is 1. The molecule has 0 bridgehead atoms. The highest BCUT2D eigenvalue weighted by molar-refractivity contribution is 6.42. The van der Waals surface area contributed by atoms with Gasteiger partial charge in [0.25, 0.3) is 11.5 Å². The van der Waals surface area contributed by atoms with E-state index in [9.17, 15) is 14.7 Å². The van der Waals surface area contributed by atoms with Crippen molar-refractivity contribution in [2.45, 2.75) is 31.5 Å². The minimum Gasteiger partial charge on any atom is -0.490 e. The summed E-state index contributed by atoms with van der Waals surface area (Å²) in [6.07, 6.45) is 1.66. The van der Waals surface area contributed by atoms with E-state index in [1.54, 1.807) is 49.4 Å². The van der Waals surface area contributed by atoms with E-state index in [1.165, 1.54) is 0 Å². The third-order valence-electron chi connectivity index (χ3n) is 5.83. The maximum absolute atomic E-state index is 12.7. The molecule has 2 heterocycles. The lowest BCUT2D eigenvalue weighted by atomic mass is 10.0. The number of hydrogen-bond donors (Lipinski definition) is 3. The maximum Gasteiger partial charge on any atom is 0.272 e. The first-order valence-electron chi connectivity index (χ1n) is 11.0. The first kappa shape index (κ1) is 24.5. The van der Waals surface area contributed by atoms with Gasteiger partial charge in [-0.1, -0.05) is 41.4 Å². The fourth-order valence-electron chi connectivity index (χ4n) is 4.11. The van der Waals surface area contributed by atoms with Gasteiger partial charge in [-0.05, 0) is 38.0 Å². The van der Waals surface area contributed by atoms with Gasteiger partial charge < -0.3 is 20.1 Å². The quantitative estimate of drug-likeness (QED) is 0.455. The summed E-state index contributed by atoms with van der Waals surface area (Å²) in [4.78, 5) is 26.8. The van der Waals surface area contributed by atoms with E-state index in [-0.39, 0.29) is 23.9 Å². The number of ether oxygens (including phenoxy) is 1. The number of halogens is 2. The smallest absolute Gasteiger partial charge is 0.272 e. The highest BCUT2D eigenvalue weighted by Gasteiger charge is 2.29. The zero-order valence-corrected chi connectivity index (χ0v) is 20.2. The van der Waals surface area contributed by atoms with E-state index in [0.29, 0.717) is 33.1 Å². The molecule has 1 aliphatic rings. The zero-order chi connectivity index (χ0) is 24.3. The number of aromatic nitrogens is 2. The summed E-state index contributed by atoms with van der Waals surface area (Å²) in [5.41, 5.74) is -1.39. The first-order chi connectivity index (χ1) is 16.2. The number of likely N-dealkylation sites (tertiary alicyclic amines) is 1. The molecule has 180 valence electrons. The molecular weight excluding hydrogens is 479 g/mol. The van der Waals surface area contributed by atoms with Crippen LogP contribution in [0.5, 0.6) is 5.75 Å². The summed E-state index contributed by atoms with van der Waals surface area (Å²) in [6.45, 7) is 3.63. The summed E-state index contributed by atoms with van der Waals surface area (Å²) in [7, 11) is 0. The van der Waals surface area contributed by atoms with Crippen LogP contribution < -0.4 is 15.6 Å². The molecule has 1 atom stereocenters. The molecule has 2 aromatic carbocycles. The molecule has 0 saturated carbocycles. The minimum absolute atomic E-state index is 0.0423. The molecule has 1 aliphatic heterocycles. The molecule has 0 unspecified atom stereocenters. The number of aromatic amines is 1. The van der Waals surface area contributed by atoms with Crippen molar-refractivity contribution in [3.8, 4) is 5.75 Å². The Kier molecular flexibility index (Phi) is 7.42.